The maximum Gasteiger partial charge on any atom is 0.253 e. The second kappa shape index (κ2) is 8.38. The molecule has 0 aliphatic rings. The van der Waals surface area contributed by atoms with Crippen molar-refractivity contribution < 1.29 is 13.6 Å². The predicted octanol–water partition coefficient (Wildman–Crippen LogP) is 5.73. The minimum atomic E-state index is -0.685. The van der Waals surface area contributed by atoms with Gasteiger partial charge >= 0.3 is 0 Å². The van der Waals surface area contributed by atoms with Crippen LogP contribution in [0.2, 0.25) is 0 Å². The van der Waals surface area contributed by atoms with Crippen LogP contribution in [0.1, 0.15) is 62.1 Å². The van der Waals surface area contributed by atoms with Crippen LogP contribution in [0.4, 0.5) is 14.5 Å². The van der Waals surface area contributed by atoms with Crippen LogP contribution in [0.5, 0.6) is 0 Å². The van der Waals surface area contributed by atoms with Crippen molar-refractivity contribution in [3.8, 4) is 0 Å². The Hall–Kier alpha value is -3.02. The first kappa shape index (κ1) is 21.7. The highest BCUT2D eigenvalue weighted by molar-refractivity contribution is 5.97. The molecule has 3 rings (SSSR count). The number of anilines is 1. The van der Waals surface area contributed by atoms with Gasteiger partial charge in [0.1, 0.15) is 17.3 Å². The number of amides is 1. The molecule has 2 N–H and O–H groups in total. The van der Waals surface area contributed by atoms with E-state index in [2.05, 4.69) is 36.4 Å². The summed E-state index contributed by atoms with van der Waals surface area (Å²) in [6.45, 7) is 10.3. The Morgan fingerprint density at radius 2 is 1.77 bits per heavy atom. The minimum absolute atomic E-state index is 0.00803. The summed E-state index contributed by atoms with van der Waals surface area (Å²) >= 11 is 0. The van der Waals surface area contributed by atoms with E-state index in [1.165, 1.54) is 23.9 Å². The first-order valence-electron chi connectivity index (χ1n) is 10.0. The smallest absolute Gasteiger partial charge is 0.253 e. The zero-order chi connectivity index (χ0) is 22.1. The first-order chi connectivity index (χ1) is 14.1. The van der Waals surface area contributed by atoms with E-state index in [4.69, 9.17) is 0 Å². The van der Waals surface area contributed by atoms with E-state index in [9.17, 15) is 13.6 Å². The lowest BCUT2D eigenvalue weighted by Crippen LogP contribution is -2.27. The highest BCUT2D eigenvalue weighted by atomic mass is 19.1. The van der Waals surface area contributed by atoms with Crippen molar-refractivity contribution in [1.82, 2.24) is 10.3 Å². The number of halogens is 2. The number of hydrogen-bond acceptors (Lipinski definition) is 3. The van der Waals surface area contributed by atoms with Gasteiger partial charge in [-0.2, -0.15) is 0 Å². The Labute approximate surface area is 175 Å². The number of nitrogens with one attached hydrogen (secondary N) is 2. The molecule has 4 nitrogen and oxygen atoms in total. The van der Waals surface area contributed by atoms with Crippen LogP contribution in [0.25, 0.3) is 10.9 Å². The molecule has 1 aromatic heterocycles. The molecule has 0 saturated carbocycles. The number of pyridine rings is 1. The molecule has 30 heavy (non-hydrogen) atoms. The Morgan fingerprint density at radius 3 is 2.37 bits per heavy atom. The summed E-state index contributed by atoms with van der Waals surface area (Å²) in [6, 6.07) is 9.68. The highest BCUT2D eigenvalue weighted by Gasteiger charge is 2.18. The molecule has 0 aliphatic carbocycles. The number of carbonyl (C=O) groups is 1. The Balaban J connectivity index is 1.80. The average Bonchev–Trinajstić information content (AvgIpc) is 2.68. The number of nitrogens with zero attached hydrogens (tertiary/aromatic N) is 1. The summed E-state index contributed by atoms with van der Waals surface area (Å²) in [7, 11) is 0. The van der Waals surface area contributed by atoms with Gasteiger partial charge in [0.25, 0.3) is 5.91 Å². The molecule has 0 saturated heterocycles. The number of hydrogen-bond donors (Lipinski definition) is 2. The third-order valence-corrected chi connectivity index (χ3v) is 5.08. The molecule has 0 aliphatic heterocycles. The van der Waals surface area contributed by atoms with Crippen LogP contribution < -0.4 is 10.6 Å². The van der Waals surface area contributed by atoms with Crippen molar-refractivity contribution in [3.63, 3.8) is 0 Å². The summed E-state index contributed by atoms with van der Waals surface area (Å²) in [5.41, 5.74) is 2.57. The molecule has 1 amide bonds. The monoisotopic (exact) mass is 411 g/mol. The fourth-order valence-electron chi connectivity index (χ4n) is 3.26. The van der Waals surface area contributed by atoms with E-state index >= 15 is 0 Å². The van der Waals surface area contributed by atoms with Gasteiger partial charge in [-0.3, -0.25) is 9.78 Å². The van der Waals surface area contributed by atoms with Crippen molar-refractivity contribution in [3.05, 3.63) is 70.9 Å². The number of rotatable bonds is 5. The van der Waals surface area contributed by atoms with Crippen molar-refractivity contribution >= 4 is 22.5 Å². The highest BCUT2D eigenvalue weighted by Crippen LogP contribution is 2.26. The van der Waals surface area contributed by atoms with Crippen LogP contribution in [-0.2, 0) is 5.41 Å². The van der Waals surface area contributed by atoms with E-state index in [-0.39, 0.29) is 17.0 Å². The fraction of sp³-hybridized carbons (Fsp3) is 0.333. The summed E-state index contributed by atoms with van der Waals surface area (Å²) in [6.07, 6.45) is 1.52. The maximum atomic E-state index is 14.2. The molecule has 6 heteroatoms. The van der Waals surface area contributed by atoms with Crippen molar-refractivity contribution in [1.29, 1.82) is 0 Å². The SMILES string of the molecule is CCNc1c(F)cc([C@@H](C)NC(=O)c2cnc3cc(C(C)(C)C)ccc3c2)cc1F. The van der Waals surface area contributed by atoms with Gasteiger partial charge in [0.2, 0.25) is 0 Å². The summed E-state index contributed by atoms with van der Waals surface area (Å²) < 4.78 is 28.4. The predicted molar refractivity (Wildman–Crippen MR) is 117 cm³/mol. The van der Waals surface area contributed by atoms with Crippen LogP contribution in [0.15, 0.2) is 42.6 Å². The molecular formula is C24H27F2N3O. The van der Waals surface area contributed by atoms with Gasteiger partial charge in [0.15, 0.2) is 0 Å². The Bertz CT molecular complexity index is 1070. The van der Waals surface area contributed by atoms with Crippen LogP contribution in [0.3, 0.4) is 0 Å². The maximum absolute atomic E-state index is 14.2. The van der Waals surface area contributed by atoms with Crippen LogP contribution >= 0.6 is 0 Å². The van der Waals surface area contributed by atoms with Gasteiger partial charge in [-0.25, -0.2) is 8.78 Å². The molecule has 2 aromatic carbocycles. The third kappa shape index (κ3) is 4.58. The normalized spacial score (nSPS) is 12.6. The van der Waals surface area contributed by atoms with Crippen LogP contribution in [-0.4, -0.2) is 17.4 Å². The summed E-state index contributed by atoms with van der Waals surface area (Å²) in [5, 5.41) is 6.30. The van der Waals surface area contributed by atoms with Gasteiger partial charge in [0.05, 0.1) is 17.1 Å². The standard InChI is InChI=1S/C24H27F2N3O/c1-6-27-22-19(25)10-16(11-20(22)26)14(2)29-23(30)17-9-15-7-8-18(24(3,4)5)12-21(15)28-13-17/h7-14,27H,6H2,1-5H3,(H,29,30)/t14-/m1/s1. The zero-order valence-electron chi connectivity index (χ0n) is 17.9. The van der Waals surface area contributed by atoms with Gasteiger partial charge in [-0.1, -0.05) is 32.9 Å². The minimum Gasteiger partial charge on any atom is -0.381 e. The molecule has 0 fully saturated rings. The number of aromatic nitrogens is 1. The van der Waals surface area contributed by atoms with E-state index in [0.29, 0.717) is 17.7 Å². The van der Waals surface area contributed by atoms with Crippen LogP contribution in [0, 0.1) is 11.6 Å². The van der Waals surface area contributed by atoms with Gasteiger partial charge < -0.3 is 10.6 Å². The zero-order valence-corrected chi connectivity index (χ0v) is 17.9. The Kier molecular flexibility index (Phi) is 6.06. The largest absolute Gasteiger partial charge is 0.381 e. The molecule has 0 radical (unpaired) electrons. The van der Waals surface area contributed by atoms with Gasteiger partial charge in [0, 0.05) is 18.1 Å². The fourth-order valence-corrected chi connectivity index (χ4v) is 3.26. The average molecular weight is 411 g/mol. The Morgan fingerprint density at radius 1 is 1.10 bits per heavy atom. The number of benzene rings is 2. The molecule has 1 heterocycles. The number of fused-ring (bicyclic) bond motifs is 1. The van der Waals surface area contributed by atoms with Crippen molar-refractivity contribution in [2.45, 2.75) is 46.1 Å². The lowest BCUT2D eigenvalue weighted by Gasteiger charge is -2.19. The van der Waals surface area contributed by atoms with Crippen molar-refractivity contribution in [2.24, 2.45) is 0 Å². The number of carbonyl (C=O) groups excluding carboxylic acids is 1. The lowest BCUT2D eigenvalue weighted by atomic mass is 9.86. The van der Waals surface area contributed by atoms with E-state index in [1.54, 1.807) is 19.9 Å². The molecular weight excluding hydrogens is 384 g/mol. The second-order valence-electron chi connectivity index (χ2n) is 8.47. The second-order valence-corrected chi connectivity index (χ2v) is 8.47. The first-order valence-corrected chi connectivity index (χ1v) is 10.0. The summed E-state index contributed by atoms with van der Waals surface area (Å²) in [5.74, 6) is -1.72. The van der Waals surface area contributed by atoms with E-state index < -0.39 is 17.7 Å². The molecule has 3 aromatic rings. The van der Waals surface area contributed by atoms with E-state index in [1.807, 2.05) is 18.2 Å². The molecule has 0 unspecified atom stereocenters. The molecule has 0 spiro atoms. The topological polar surface area (TPSA) is 54.0 Å². The van der Waals surface area contributed by atoms with Crippen molar-refractivity contribution in [2.75, 3.05) is 11.9 Å². The van der Waals surface area contributed by atoms with Gasteiger partial charge in [-0.15, -0.1) is 0 Å². The quantitative estimate of drug-likeness (QED) is 0.563. The van der Waals surface area contributed by atoms with Gasteiger partial charge in [-0.05, 0) is 54.7 Å². The third-order valence-electron chi connectivity index (χ3n) is 5.08. The molecule has 0 bridgehead atoms. The summed E-state index contributed by atoms with van der Waals surface area (Å²) in [4.78, 5) is 17.1. The van der Waals surface area contributed by atoms with E-state index in [0.717, 1.165) is 10.9 Å². The molecule has 1 atom stereocenters. The lowest BCUT2D eigenvalue weighted by molar-refractivity contribution is 0.0939. The molecule has 158 valence electrons.